The minimum atomic E-state index is 0.0278. The van der Waals surface area contributed by atoms with Crippen molar-refractivity contribution in [2.45, 2.75) is 11.8 Å². The van der Waals surface area contributed by atoms with Crippen molar-refractivity contribution in [1.82, 2.24) is 0 Å². The van der Waals surface area contributed by atoms with Gasteiger partial charge in [0.25, 0.3) is 0 Å². The molecule has 0 aromatic heterocycles. The molecule has 0 fully saturated rings. The molecule has 1 aliphatic rings. The molecule has 0 heterocycles. The number of rotatable bonds is 2. The highest BCUT2D eigenvalue weighted by atomic mass is 35.5. The van der Waals surface area contributed by atoms with E-state index >= 15 is 0 Å². The van der Waals surface area contributed by atoms with Crippen molar-refractivity contribution in [3.8, 4) is 0 Å². The van der Waals surface area contributed by atoms with Crippen LogP contribution in [0.2, 0.25) is 0 Å². The Labute approximate surface area is 60.5 Å². The Hall–Kier alpha value is -0.490. The summed E-state index contributed by atoms with van der Waals surface area (Å²) >= 11 is 5.85. The number of halogens is 1. The number of hydrogen-bond donors (Lipinski definition) is 0. The molecule has 0 amide bonds. The van der Waals surface area contributed by atoms with Crippen molar-refractivity contribution < 1.29 is 0 Å². The molecule has 48 valence electrons. The van der Waals surface area contributed by atoms with Gasteiger partial charge < -0.3 is 0 Å². The molecule has 0 N–H and O–H groups in total. The van der Waals surface area contributed by atoms with Crippen LogP contribution in [0.4, 0.5) is 0 Å². The van der Waals surface area contributed by atoms with Crippen molar-refractivity contribution in [1.29, 1.82) is 0 Å². The van der Waals surface area contributed by atoms with Crippen LogP contribution in [-0.4, -0.2) is 5.38 Å². The van der Waals surface area contributed by atoms with Crippen LogP contribution in [0.3, 0.4) is 0 Å². The molecule has 1 rings (SSSR count). The van der Waals surface area contributed by atoms with E-state index in [2.05, 4.69) is 12.7 Å². The maximum absolute atomic E-state index is 5.85. The third-order valence-corrected chi connectivity index (χ3v) is 1.82. The van der Waals surface area contributed by atoms with E-state index in [0.717, 1.165) is 6.42 Å². The van der Waals surface area contributed by atoms with E-state index in [9.17, 15) is 0 Å². The maximum atomic E-state index is 5.85. The Morgan fingerprint density at radius 1 is 1.78 bits per heavy atom. The second-order valence-corrected chi connectivity index (χ2v) is 2.48. The van der Waals surface area contributed by atoms with Crippen LogP contribution < -0.4 is 0 Å². The molecule has 0 saturated carbocycles. The fourth-order valence-corrected chi connectivity index (χ4v) is 0.982. The van der Waals surface area contributed by atoms with Gasteiger partial charge in [-0.1, -0.05) is 24.3 Å². The first-order valence-corrected chi connectivity index (χ1v) is 3.40. The minimum Gasteiger partial charge on any atom is -0.114 e. The van der Waals surface area contributed by atoms with Gasteiger partial charge in [-0.2, -0.15) is 0 Å². The molecule has 1 heteroatoms. The smallest absolute Gasteiger partial charge is 0.0729 e. The van der Waals surface area contributed by atoms with Gasteiger partial charge in [-0.25, -0.2) is 0 Å². The summed E-state index contributed by atoms with van der Waals surface area (Å²) in [6, 6.07) is 0. The summed E-state index contributed by atoms with van der Waals surface area (Å²) in [5, 5.41) is 0.0278. The zero-order valence-corrected chi connectivity index (χ0v) is 5.93. The lowest BCUT2D eigenvalue weighted by molar-refractivity contribution is 1.14. The molecule has 0 aromatic rings. The van der Waals surface area contributed by atoms with E-state index in [4.69, 9.17) is 11.6 Å². The van der Waals surface area contributed by atoms with Crippen LogP contribution in [0.15, 0.2) is 36.5 Å². The maximum Gasteiger partial charge on any atom is 0.0729 e. The third kappa shape index (κ3) is 1.46. The average Bonchev–Trinajstić information content (AvgIpc) is 2.37. The fraction of sp³-hybridized carbons (Fsp3) is 0.250. The van der Waals surface area contributed by atoms with Gasteiger partial charge >= 0.3 is 0 Å². The number of hydrogen-bond acceptors (Lipinski definition) is 0. The molecule has 0 saturated heterocycles. The molecule has 9 heavy (non-hydrogen) atoms. The van der Waals surface area contributed by atoms with Gasteiger partial charge in [-0.3, -0.25) is 0 Å². The molecule has 0 nitrogen and oxygen atoms in total. The Morgan fingerprint density at radius 2 is 2.56 bits per heavy atom. The number of allylic oxidation sites excluding steroid dienone is 5. The van der Waals surface area contributed by atoms with Crippen LogP contribution >= 0.6 is 11.6 Å². The standard InChI is InChI=1S/C8H9Cl/c1-2-8(9)7-5-3-4-6-7/h2-5,8H,1,6H2. The van der Waals surface area contributed by atoms with E-state index in [1.54, 1.807) is 6.08 Å². The molecule has 0 aromatic carbocycles. The largest absolute Gasteiger partial charge is 0.114 e. The molecular formula is C8H9Cl. The molecule has 1 atom stereocenters. The van der Waals surface area contributed by atoms with Crippen molar-refractivity contribution in [3.63, 3.8) is 0 Å². The summed E-state index contributed by atoms with van der Waals surface area (Å²) < 4.78 is 0. The monoisotopic (exact) mass is 140 g/mol. The summed E-state index contributed by atoms with van der Waals surface area (Å²) in [5.41, 5.74) is 1.24. The van der Waals surface area contributed by atoms with E-state index in [-0.39, 0.29) is 5.38 Å². The Balaban J connectivity index is 2.54. The Kier molecular flexibility index (Phi) is 2.12. The zero-order valence-electron chi connectivity index (χ0n) is 5.18. The quantitative estimate of drug-likeness (QED) is 0.409. The van der Waals surface area contributed by atoms with Gasteiger partial charge in [-0.15, -0.1) is 18.2 Å². The van der Waals surface area contributed by atoms with Crippen LogP contribution in [0.5, 0.6) is 0 Å². The van der Waals surface area contributed by atoms with E-state index < -0.39 is 0 Å². The van der Waals surface area contributed by atoms with Crippen LogP contribution in [0.1, 0.15) is 6.42 Å². The molecule has 0 spiro atoms. The highest BCUT2D eigenvalue weighted by molar-refractivity contribution is 6.23. The van der Waals surface area contributed by atoms with Crippen molar-refractivity contribution >= 4 is 11.6 Å². The highest BCUT2D eigenvalue weighted by Crippen LogP contribution is 2.19. The molecule has 1 aliphatic carbocycles. The first-order valence-electron chi connectivity index (χ1n) is 2.97. The van der Waals surface area contributed by atoms with Gasteiger partial charge in [0.05, 0.1) is 5.38 Å². The van der Waals surface area contributed by atoms with Crippen LogP contribution in [0, 0.1) is 0 Å². The summed E-state index contributed by atoms with van der Waals surface area (Å²) in [4.78, 5) is 0. The Bertz CT molecular complexity index is 165. The molecular weight excluding hydrogens is 132 g/mol. The predicted molar refractivity (Wildman–Crippen MR) is 41.7 cm³/mol. The van der Waals surface area contributed by atoms with Crippen molar-refractivity contribution in [3.05, 3.63) is 36.5 Å². The SMILES string of the molecule is C=CC(Cl)C1=CC=CC1. The van der Waals surface area contributed by atoms with Crippen LogP contribution in [0.25, 0.3) is 0 Å². The second-order valence-electron chi connectivity index (χ2n) is 2.01. The highest BCUT2D eigenvalue weighted by Gasteiger charge is 2.06. The lowest BCUT2D eigenvalue weighted by Gasteiger charge is -2.01. The van der Waals surface area contributed by atoms with Gasteiger partial charge in [0.2, 0.25) is 0 Å². The Morgan fingerprint density at radius 3 is 3.00 bits per heavy atom. The third-order valence-electron chi connectivity index (χ3n) is 1.36. The van der Waals surface area contributed by atoms with Gasteiger partial charge in [-0.05, 0) is 12.0 Å². The second kappa shape index (κ2) is 2.88. The lowest BCUT2D eigenvalue weighted by Crippen LogP contribution is -1.94. The number of alkyl halides is 1. The fourth-order valence-electron chi connectivity index (χ4n) is 0.820. The van der Waals surface area contributed by atoms with Gasteiger partial charge in [0.15, 0.2) is 0 Å². The van der Waals surface area contributed by atoms with E-state index in [1.807, 2.05) is 12.2 Å². The van der Waals surface area contributed by atoms with Gasteiger partial charge in [0.1, 0.15) is 0 Å². The lowest BCUT2D eigenvalue weighted by atomic mass is 10.1. The van der Waals surface area contributed by atoms with Crippen molar-refractivity contribution in [2.75, 3.05) is 0 Å². The molecule has 1 unspecified atom stereocenters. The summed E-state index contributed by atoms with van der Waals surface area (Å²) in [7, 11) is 0. The first kappa shape index (κ1) is 6.63. The zero-order chi connectivity index (χ0) is 6.69. The van der Waals surface area contributed by atoms with Crippen LogP contribution in [-0.2, 0) is 0 Å². The summed E-state index contributed by atoms with van der Waals surface area (Å²) in [5.74, 6) is 0. The topological polar surface area (TPSA) is 0 Å². The normalized spacial score (nSPS) is 19.4. The molecule has 0 radical (unpaired) electrons. The first-order chi connectivity index (χ1) is 4.34. The molecule has 0 bridgehead atoms. The summed E-state index contributed by atoms with van der Waals surface area (Å²) in [6.45, 7) is 3.60. The summed E-state index contributed by atoms with van der Waals surface area (Å²) in [6.07, 6.45) is 8.89. The van der Waals surface area contributed by atoms with E-state index in [1.165, 1.54) is 5.57 Å². The van der Waals surface area contributed by atoms with E-state index in [0.29, 0.717) is 0 Å². The predicted octanol–water partition coefficient (Wildman–Crippen LogP) is 2.67. The average molecular weight is 141 g/mol. The van der Waals surface area contributed by atoms with Gasteiger partial charge in [0, 0.05) is 0 Å². The molecule has 0 aliphatic heterocycles. The minimum absolute atomic E-state index is 0.0278. The van der Waals surface area contributed by atoms with Crippen molar-refractivity contribution in [2.24, 2.45) is 0 Å².